The third kappa shape index (κ3) is 5.36. The second kappa shape index (κ2) is 8.86. The summed E-state index contributed by atoms with van der Waals surface area (Å²) in [6.45, 7) is 9.42. The van der Waals surface area contributed by atoms with Gasteiger partial charge in [0.2, 0.25) is 0 Å². The van der Waals surface area contributed by atoms with E-state index in [0.717, 1.165) is 25.2 Å². The van der Waals surface area contributed by atoms with Crippen molar-refractivity contribution in [2.75, 3.05) is 37.6 Å². The van der Waals surface area contributed by atoms with Crippen molar-refractivity contribution in [1.82, 2.24) is 15.2 Å². The number of thiophene rings is 1. The molecule has 166 valence electrons. The fourth-order valence-corrected chi connectivity index (χ4v) is 4.97. The Kier molecular flexibility index (Phi) is 6.18. The maximum absolute atomic E-state index is 12.5. The summed E-state index contributed by atoms with van der Waals surface area (Å²) in [7, 11) is 0. The maximum atomic E-state index is 12.5. The number of nitrogens with zero attached hydrogens (tertiary/aromatic N) is 3. The molecule has 7 nitrogen and oxygen atoms in total. The van der Waals surface area contributed by atoms with Crippen LogP contribution in [0.1, 0.15) is 36.0 Å². The lowest BCUT2D eigenvalue weighted by Gasteiger charge is -2.26. The number of anilines is 1. The highest BCUT2D eigenvalue weighted by molar-refractivity contribution is 7.09. The maximum Gasteiger partial charge on any atom is 0.410 e. The first-order chi connectivity index (χ1) is 14.8. The molecular formula is C23H30N4O3S. The lowest BCUT2D eigenvalue weighted by molar-refractivity contribution is 0.0282. The molecule has 0 spiro atoms. The summed E-state index contributed by atoms with van der Waals surface area (Å²) in [5, 5.41) is 5.03. The Morgan fingerprint density at radius 3 is 2.58 bits per heavy atom. The highest BCUT2D eigenvalue weighted by atomic mass is 32.1. The molecule has 2 fully saturated rings. The van der Waals surface area contributed by atoms with Gasteiger partial charge in [0.1, 0.15) is 5.60 Å². The SMILES string of the molecule is CC(C)(C)OC(=O)N1C[C@@H]2CN(c3cncc(C(=O)NCCc4cccs4)c3)C[C@@H]2C1. The van der Waals surface area contributed by atoms with Gasteiger partial charge >= 0.3 is 6.09 Å². The van der Waals surface area contributed by atoms with Gasteiger partial charge in [-0.05, 0) is 44.7 Å². The third-order valence-corrected chi connectivity index (χ3v) is 6.66. The molecule has 0 aromatic carbocycles. The summed E-state index contributed by atoms with van der Waals surface area (Å²) < 4.78 is 5.52. The zero-order valence-electron chi connectivity index (χ0n) is 18.3. The van der Waals surface area contributed by atoms with Crippen LogP contribution in [0.3, 0.4) is 0 Å². The van der Waals surface area contributed by atoms with Gasteiger partial charge in [0.05, 0.1) is 17.4 Å². The molecule has 2 aliphatic rings. The number of fused-ring (bicyclic) bond motifs is 1. The Morgan fingerprint density at radius 2 is 1.94 bits per heavy atom. The molecule has 8 heteroatoms. The van der Waals surface area contributed by atoms with Crippen molar-refractivity contribution < 1.29 is 14.3 Å². The molecule has 2 aliphatic heterocycles. The molecule has 2 aromatic heterocycles. The Bertz CT molecular complexity index is 911. The van der Waals surface area contributed by atoms with Crippen LogP contribution in [0.4, 0.5) is 10.5 Å². The normalized spacial score (nSPS) is 20.6. The average molecular weight is 443 g/mol. The van der Waals surface area contributed by atoms with Crippen LogP contribution >= 0.6 is 11.3 Å². The topological polar surface area (TPSA) is 74.8 Å². The van der Waals surface area contributed by atoms with Crippen molar-refractivity contribution in [2.24, 2.45) is 11.8 Å². The van der Waals surface area contributed by atoms with Gasteiger partial charge < -0.3 is 19.9 Å². The van der Waals surface area contributed by atoms with Gasteiger partial charge in [-0.2, -0.15) is 0 Å². The number of hydrogen-bond donors (Lipinski definition) is 1. The summed E-state index contributed by atoms with van der Waals surface area (Å²) in [6.07, 6.45) is 4.04. The van der Waals surface area contributed by atoms with Crippen LogP contribution in [0.25, 0.3) is 0 Å². The molecule has 0 bridgehead atoms. The molecule has 4 heterocycles. The third-order valence-electron chi connectivity index (χ3n) is 5.73. The van der Waals surface area contributed by atoms with Gasteiger partial charge in [0, 0.05) is 55.6 Å². The molecular weight excluding hydrogens is 412 g/mol. The molecule has 2 aromatic rings. The lowest BCUT2D eigenvalue weighted by Crippen LogP contribution is -2.37. The number of hydrogen-bond acceptors (Lipinski definition) is 6. The van der Waals surface area contributed by atoms with E-state index in [4.69, 9.17) is 4.74 Å². The van der Waals surface area contributed by atoms with E-state index < -0.39 is 5.60 Å². The number of carbonyl (C=O) groups excluding carboxylic acids is 2. The summed E-state index contributed by atoms with van der Waals surface area (Å²) in [4.78, 5) is 34.6. The van der Waals surface area contributed by atoms with E-state index in [-0.39, 0.29) is 12.0 Å². The van der Waals surface area contributed by atoms with E-state index in [9.17, 15) is 9.59 Å². The monoisotopic (exact) mass is 442 g/mol. The van der Waals surface area contributed by atoms with Crippen LogP contribution in [0.15, 0.2) is 36.0 Å². The first-order valence-electron chi connectivity index (χ1n) is 10.8. The molecule has 0 aliphatic carbocycles. The van der Waals surface area contributed by atoms with Gasteiger partial charge in [-0.1, -0.05) is 6.07 Å². The highest BCUT2D eigenvalue weighted by Gasteiger charge is 2.42. The van der Waals surface area contributed by atoms with Gasteiger partial charge in [-0.25, -0.2) is 4.79 Å². The molecule has 0 radical (unpaired) electrons. The predicted octanol–water partition coefficient (Wildman–Crippen LogP) is 3.42. The second-order valence-corrected chi connectivity index (χ2v) is 10.4. The van der Waals surface area contributed by atoms with Crippen molar-refractivity contribution in [2.45, 2.75) is 32.8 Å². The van der Waals surface area contributed by atoms with Crippen molar-refractivity contribution in [3.63, 3.8) is 0 Å². The highest BCUT2D eigenvalue weighted by Crippen LogP contribution is 2.34. The molecule has 4 rings (SSSR count). The molecule has 1 N–H and O–H groups in total. The van der Waals surface area contributed by atoms with Crippen molar-refractivity contribution in [3.05, 3.63) is 46.4 Å². The van der Waals surface area contributed by atoms with E-state index >= 15 is 0 Å². The zero-order chi connectivity index (χ0) is 22.0. The summed E-state index contributed by atoms with van der Waals surface area (Å²) in [5.41, 5.74) is 1.07. The van der Waals surface area contributed by atoms with E-state index in [0.29, 0.717) is 37.0 Å². The molecule has 2 amide bonds. The summed E-state index contributed by atoms with van der Waals surface area (Å²) >= 11 is 1.70. The number of nitrogens with one attached hydrogen (secondary N) is 1. The lowest BCUT2D eigenvalue weighted by atomic mass is 10.0. The van der Waals surface area contributed by atoms with Crippen molar-refractivity contribution in [1.29, 1.82) is 0 Å². The summed E-state index contributed by atoms with van der Waals surface area (Å²) in [6, 6.07) is 6.01. The molecule has 0 saturated carbocycles. The van der Waals surface area contributed by atoms with E-state index in [1.807, 2.05) is 49.4 Å². The van der Waals surface area contributed by atoms with Crippen LogP contribution < -0.4 is 10.2 Å². The Hall–Kier alpha value is -2.61. The molecule has 0 unspecified atom stereocenters. The standard InChI is InChI=1S/C23H30N4O3S/c1-23(2,3)30-22(29)27-14-17-12-26(13-18(17)15-27)19-9-16(10-24-11-19)21(28)25-7-6-20-5-4-8-31-20/h4-5,8-11,17-18H,6-7,12-15H2,1-3H3,(H,25,28)/t17-,18+. The Labute approximate surface area is 187 Å². The average Bonchev–Trinajstić information content (AvgIpc) is 3.43. The van der Waals surface area contributed by atoms with Crippen molar-refractivity contribution in [3.8, 4) is 0 Å². The van der Waals surface area contributed by atoms with Gasteiger partial charge in [0.25, 0.3) is 5.91 Å². The van der Waals surface area contributed by atoms with Crippen LogP contribution in [-0.4, -0.2) is 60.2 Å². The fourth-order valence-electron chi connectivity index (χ4n) is 4.26. The number of rotatable bonds is 5. The second-order valence-electron chi connectivity index (χ2n) is 9.33. The minimum Gasteiger partial charge on any atom is -0.444 e. The number of pyridine rings is 1. The van der Waals surface area contributed by atoms with Gasteiger partial charge in [0.15, 0.2) is 0 Å². The minimum absolute atomic E-state index is 0.0959. The number of ether oxygens (including phenoxy) is 1. The van der Waals surface area contributed by atoms with E-state index in [1.54, 1.807) is 17.5 Å². The first kappa shape index (κ1) is 21.6. The molecule has 2 atom stereocenters. The van der Waals surface area contributed by atoms with Crippen LogP contribution in [0.2, 0.25) is 0 Å². The van der Waals surface area contributed by atoms with Gasteiger partial charge in [-0.3, -0.25) is 9.78 Å². The number of likely N-dealkylation sites (tertiary alicyclic amines) is 1. The summed E-state index contributed by atoms with van der Waals surface area (Å²) in [5.74, 6) is 0.730. The van der Waals surface area contributed by atoms with Crippen LogP contribution in [-0.2, 0) is 11.2 Å². The molecule has 31 heavy (non-hydrogen) atoms. The Morgan fingerprint density at radius 1 is 1.19 bits per heavy atom. The molecule has 2 saturated heterocycles. The predicted molar refractivity (Wildman–Crippen MR) is 122 cm³/mol. The minimum atomic E-state index is -0.475. The van der Waals surface area contributed by atoms with E-state index in [2.05, 4.69) is 21.3 Å². The van der Waals surface area contributed by atoms with Crippen LogP contribution in [0.5, 0.6) is 0 Å². The Balaban J connectivity index is 1.30. The number of carbonyl (C=O) groups is 2. The number of amides is 2. The number of aromatic nitrogens is 1. The van der Waals surface area contributed by atoms with E-state index in [1.165, 1.54) is 4.88 Å². The van der Waals surface area contributed by atoms with Crippen LogP contribution in [0, 0.1) is 11.8 Å². The van der Waals surface area contributed by atoms with Crippen molar-refractivity contribution >= 4 is 29.0 Å². The van der Waals surface area contributed by atoms with Gasteiger partial charge in [-0.15, -0.1) is 11.3 Å². The fraction of sp³-hybridized carbons (Fsp3) is 0.522. The zero-order valence-corrected chi connectivity index (χ0v) is 19.2. The smallest absolute Gasteiger partial charge is 0.410 e. The quantitative estimate of drug-likeness (QED) is 0.768. The largest absolute Gasteiger partial charge is 0.444 e. The first-order valence-corrected chi connectivity index (χ1v) is 11.6.